The fourth-order valence-corrected chi connectivity index (χ4v) is 5.12. The van der Waals surface area contributed by atoms with Crippen molar-refractivity contribution in [2.75, 3.05) is 11.9 Å². The average Bonchev–Trinajstić information content (AvgIpc) is 2.99. The lowest BCUT2D eigenvalue weighted by Gasteiger charge is -2.35. The van der Waals surface area contributed by atoms with Crippen molar-refractivity contribution < 1.29 is 24.2 Å². The molecule has 2 atom stereocenters. The van der Waals surface area contributed by atoms with E-state index < -0.39 is 29.7 Å². The van der Waals surface area contributed by atoms with Crippen LogP contribution in [0, 0.1) is 6.92 Å². The molecule has 242 valence electrons. The smallest absolute Gasteiger partial charge is 0.408 e. The molecule has 3 aromatic rings. The van der Waals surface area contributed by atoms with E-state index in [1.807, 2.05) is 55.5 Å². The molecule has 0 bridgehead atoms. The average molecular weight is 616 g/mol. The largest absolute Gasteiger partial charge is 0.508 e. The maximum atomic E-state index is 14.7. The van der Waals surface area contributed by atoms with Gasteiger partial charge < -0.3 is 25.4 Å². The molecule has 2 unspecified atom stereocenters. The zero-order valence-electron chi connectivity index (χ0n) is 27.6. The lowest BCUT2D eigenvalue weighted by Crippen LogP contribution is -2.53. The first-order valence-corrected chi connectivity index (χ1v) is 15.9. The lowest BCUT2D eigenvalue weighted by molar-refractivity contribution is -0.140. The number of rotatable bonds is 14. The molecule has 0 aliphatic carbocycles. The second-order valence-electron chi connectivity index (χ2n) is 12.5. The third kappa shape index (κ3) is 11.0. The minimum absolute atomic E-state index is 0.0998. The van der Waals surface area contributed by atoms with Crippen LogP contribution in [-0.2, 0) is 27.2 Å². The molecule has 3 rings (SSSR count). The predicted molar refractivity (Wildman–Crippen MR) is 179 cm³/mol. The number of ether oxygens (including phenoxy) is 1. The number of aromatic hydroxyl groups is 1. The molecule has 3 amide bonds. The molecule has 3 aromatic carbocycles. The van der Waals surface area contributed by atoms with Gasteiger partial charge in [-0.15, -0.1) is 0 Å². The second-order valence-corrected chi connectivity index (χ2v) is 12.5. The van der Waals surface area contributed by atoms with Gasteiger partial charge in [0.05, 0.1) is 0 Å². The maximum Gasteiger partial charge on any atom is 0.408 e. The van der Waals surface area contributed by atoms with Gasteiger partial charge in [-0.25, -0.2) is 4.79 Å². The number of nitrogens with one attached hydrogen (secondary N) is 2. The number of unbranched alkanes of at least 4 members (excludes halogenated alkanes) is 3. The molecule has 0 heterocycles. The van der Waals surface area contributed by atoms with E-state index in [9.17, 15) is 19.5 Å². The van der Waals surface area contributed by atoms with Crippen LogP contribution in [0.15, 0.2) is 72.8 Å². The van der Waals surface area contributed by atoms with E-state index in [0.29, 0.717) is 24.2 Å². The fourth-order valence-electron chi connectivity index (χ4n) is 5.12. The first-order valence-electron chi connectivity index (χ1n) is 15.9. The van der Waals surface area contributed by atoms with Crippen molar-refractivity contribution in [2.45, 2.75) is 97.8 Å². The van der Waals surface area contributed by atoms with E-state index in [2.05, 4.69) is 24.5 Å². The number of anilines is 1. The summed E-state index contributed by atoms with van der Waals surface area (Å²) in [6.45, 7) is 11.7. The molecule has 3 N–H and O–H groups in total. The van der Waals surface area contributed by atoms with Gasteiger partial charge in [0.15, 0.2) is 0 Å². The molecule has 0 radical (unpaired) electrons. The molecule has 0 aliphatic heterocycles. The fraction of sp³-hybridized carbons (Fsp3) is 0.432. The zero-order valence-corrected chi connectivity index (χ0v) is 27.6. The van der Waals surface area contributed by atoms with Gasteiger partial charge >= 0.3 is 6.09 Å². The monoisotopic (exact) mass is 615 g/mol. The van der Waals surface area contributed by atoms with Crippen LogP contribution >= 0.6 is 0 Å². The number of hydrogen-bond donors (Lipinski definition) is 3. The summed E-state index contributed by atoms with van der Waals surface area (Å²) in [7, 11) is 0. The Morgan fingerprint density at radius 2 is 1.51 bits per heavy atom. The van der Waals surface area contributed by atoms with Crippen molar-refractivity contribution in [3.63, 3.8) is 0 Å². The van der Waals surface area contributed by atoms with E-state index in [-0.39, 0.29) is 18.1 Å². The van der Waals surface area contributed by atoms with Crippen LogP contribution in [0.3, 0.4) is 0 Å². The summed E-state index contributed by atoms with van der Waals surface area (Å²) in [5.41, 5.74) is 3.35. The van der Waals surface area contributed by atoms with Gasteiger partial charge in [-0.2, -0.15) is 0 Å². The number of carbonyl (C=O) groups is 3. The number of phenols is 1. The number of carbonyl (C=O) groups excluding carboxylic acids is 3. The van der Waals surface area contributed by atoms with Crippen LogP contribution < -0.4 is 10.6 Å². The topological polar surface area (TPSA) is 108 Å². The third-order valence-corrected chi connectivity index (χ3v) is 7.57. The van der Waals surface area contributed by atoms with Gasteiger partial charge in [0.1, 0.15) is 23.4 Å². The van der Waals surface area contributed by atoms with E-state index in [4.69, 9.17) is 4.74 Å². The summed E-state index contributed by atoms with van der Waals surface area (Å²) in [5, 5.41) is 15.7. The Labute approximate surface area is 268 Å². The summed E-state index contributed by atoms with van der Waals surface area (Å²) >= 11 is 0. The Bertz CT molecular complexity index is 1400. The number of para-hydroxylation sites is 1. The van der Waals surface area contributed by atoms with Crippen LogP contribution in [0.25, 0.3) is 0 Å². The van der Waals surface area contributed by atoms with Gasteiger partial charge in [-0.05, 0) is 81.0 Å². The number of alkyl carbamates (subject to hydrolysis) is 1. The molecule has 0 aliphatic rings. The molecule has 45 heavy (non-hydrogen) atoms. The highest BCUT2D eigenvalue weighted by atomic mass is 16.6. The van der Waals surface area contributed by atoms with Crippen LogP contribution in [0.4, 0.5) is 10.5 Å². The van der Waals surface area contributed by atoms with E-state index >= 15 is 0 Å². The van der Waals surface area contributed by atoms with Crippen LogP contribution in [0.5, 0.6) is 5.75 Å². The van der Waals surface area contributed by atoms with Crippen LogP contribution in [-0.4, -0.2) is 46.1 Å². The van der Waals surface area contributed by atoms with Crippen molar-refractivity contribution in [3.8, 4) is 5.75 Å². The number of benzene rings is 3. The minimum atomic E-state index is -1.03. The Morgan fingerprint density at radius 3 is 2.11 bits per heavy atom. The van der Waals surface area contributed by atoms with Gasteiger partial charge in [0.2, 0.25) is 5.91 Å². The number of phenolic OH excluding ortho intramolecular Hbond substituents is 1. The molecular weight excluding hydrogens is 566 g/mol. The molecule has 8 nitrogen and oxygen atoms in total. The molecule has 0 fully saturated rings. The zero-order chi connectivity index (χ0) is 33.0. The lowest BCUT2D eigenvalue weighted by atomic mass is 9.98. The predicted octanol–water partition coefficient (Wildman–Crippen LogP) is 7.49. The molecule has 0 aromatic heterocycles. The van der Waals surface area contributed by atoms with E-state index in [0.717, 1.165) is 42.4 Å². The standard InChI is InChI=1S/C37H49N3O5/c1-7-9-10-13-24-40(35(43)32(39-36(44)45-37(4,5)6)25-28-18-22-30(41)23-19-28)33(29-20-16-27(8-2)17-21-29)34(42)38-31-15-12-11-14-26(31)3/h11-12,14-23,32-33,41H,7-10,13,24-25H2,1-6H3,(H,38,42)(H,39,44). The minimum Gasteiger partial charge on any atom is -0.508 e. The van der Waals surface area contributed by atoms with Gasteiger partial charge in [0, 0.05) is 18.7 Å². The summed E-state index contributed by atoms with van der Waals surface area (Å²) in [4.78, 5) is 43.5. The first-order chi connectivity index (χ1) is 21.4. The Balaban J connectivity index is 2.08. The Hall–Kier alpha value is -4.33. The van der Waals surface area contributed by atoms with Crippen molar-refractivity contribution in [1.29, 1.82) is 0 Å². The maximum absolute atomic E-state index is 14.7. The molecule has 0 spiro atoms. The van der Waals surface area contributed by atoms with Crippen molar-refractivity contribution in [2.24, 2.45) is 0 Å². The highest BCUT2D eigenvalue weighted by Crippen LogP contribution is 2.27. The molecule has 0 saturated heterocycles. The second kappa shape index (κ2) is 16.7. The van der Waals surface area contributed by atoms with Crippen LogP contribution in [0.2, 0.25) is 0 Å². The normalized spacial score (nSPS) is 12.6. The summed E-state index contributed by atoms with van der Waals surface area (Å²) < 4.78 is 5.54. The number of nitrogens with zero attached hydrogens (tertiary/aromatic N) is 1. The van der Waals surface area contributed by atoms with Gasteiger partial charge in [-0.3, -0.25) is 9.59 Å². The summed E-state index contributed by atoms with van der Waals surface area (Å²) in [6, 6.07) is 19.8. The number of amides is 3. The van der Waals surface area contributed by atoms with E-state index in [1.165, 1.54) is 0 Å². The van der Waals surface area contributed by atoms with Crippen LogP contribution in [0.1, 0.15) is 88.6 Å². The third-order valence-electron chi connectivity index (χ3n) is 7.57. The van der Waals surface area contributed by atoms with Crippen molar-refractivity contribution in [3.05, 3.63) is 95.1 Å². The number of hydrogen-bond acceptors (Lipinski definition) is 5. The highest BCUT2D eigenvalue weighted by Gasteiger charge is 2.36. The van der Waals surface area contributed by atoms with Crippen molar-refractivity contribution in [1.82, 2.24) is 10.2 Å². The van der Waals surface area contributed by atoms with E-state index in [1.54, 1.807) is 49.9 Å². The van der Waals surface area contributed by atoms with Gasteiger partial charge in [0.25, 0.3) is 5.91 Å². The quantitative estimate of drug-likeness (QED) is 0.163. The van der Waals surface area contributed by atoms with Crippen molar-refractivity contribution >= 4 is 23.6 Å². The Kier molecular flexibility index (Phi) is 13.0. The molecular formula is C37H49N3O5. The molecule has 0 saturated carbocycles. The SMILES string of the molecule is CCCCCCN(C(=O)C(Cc1ccc(O)cc1)NC(=O)OC(C)(C)C)C(C(=O)Nc1ccccc1C)c1ccc(CC)cc1. The molecule has 8 heteroatoms. The number of aryl methyl sites for hydroxylation is 2. The summed E-state index contributed by atoms with van der Waals surface area (Å²) in [5.74, 6) is -0.629. The summed E-state index contributed by atoms with van der Waals surface area (Å²) in [6.07, 6.45) is 3.87. The van der Waals surface area contributed by atoms with Gasteiger partial charge in [-0.1, -0.05) is 87.7 Å². The first kappa shape index (κ1) is 35.2. The highest BCUT2D eigenvalue weighted by molar-refractivity contribution is 5.99. The Morgan fingerprint density at radius 1 is 0.867 bits per heavy atom.